The van der Waals surface area contributed by atoms with Crippen LogP contribution in [0.15, 0.2) is 42.5 Å². The Hall–Kier alpha value is -2.07. The molecule has 2 rings (SSSR count). The largest absolute Gasteiger partial charge is 0.494 e. The van der Waals surface area contributed by atoms with Crippen molar-refractivity contribution in [3.05, 3.63) is 59.4 Å². The Morgan fingerprint density at radius 2 is 1.81 bits per heavy atom. The maximum absolute atomic E-state index is 13.7. The Kier molecular flexibility index (Phi) is 5.17. The van der Waals surface area contributed by atoms with E-state index in [1.54, 1.807) is 6.07 Å². The summed E-state index contributed by atoms with van der Waals surface area (Å²) in [5.41, 5.74) is 8.65. The molecule has 0 aliphatic rings. The number of halogens is 1. The summed E-state index contributed by atoms with van der Waals surface area (Å²) in [6.45, 7) is 4.44. The van der Waals surface area contributed by atoms with Gasteiger partial charge < -0.3 is 10.5 Å². The van der Waals surface area contributed by atoms with E-state index in [1.165, 1.54) is 13.2 Å². The Bertz CT molecular complexity index is 601. The quantitative estimate of drug-likeness (QED) is 0.828. The summed E-state index contributed by atoms with van der Waals surface area (Å²) in [4.78, 5) is 2.23. The Morgan fingerprint density at radius 1 is 1.10 bits per heavy atom. The van der Waals surface area contributed by atoms with E-state index in [4.69, 9.17) is 10.5 Å². The normalized spacial score (nSPS) is 10.9. The fourth-order valence-electron chi connectivity index (χ4n) is 2.30. The highest BCUT2D eigenvalue weighted by molar-refractivity contribution is 5.40. The van der Waals surface area contributed by atoms with Crippen LogP contribution in [0.1, 0.15) is 18.1 Å². The van der Waals surface area contributed by atoms with Crippen molar-refractivity contribution >= 4 is 5.69 Å². The SMILES string of the molecule is CCN(Cc1cccc(N)c1)Cc1ccc(OC)c(F)c1. The summed E-state index contributed by atoms with van der Waals surface area (Å²) in [7, 11) is 1.47. The number of anilines is 1. The molecule has 2 N–H and O–H groups in total. The van der Waals surface area contributed by atoms with Gasteiger partial charge in [-0.25, -0.2) is 4.39 Å². The molecule has 0 aliphatic carbocycles. The van der Waals surface area contributed by atoms with Gasteiger partial charge in [-0.15, -0.1) is 0 Å². The number of hydrogen-bond donors (Lipinski definition) is 1. The van der Waals surface area contributed by atoms with Crippen LogP contribution in [0.3, 0.4) is 0 Å². The first kappa shape index (κ1) is 15.3. The molecule has 4 heteroatoms. The highest BCUT2D eigenvalue weighted by Crippen LogP contribution is 2.19. The second kappa shape index (κ2) is 7.09. The van der Waals surface area contributed by atoms with E-state index in [9.17, 15) is 4.39 Å². The third kappa shape index (κ3) is 4.20. The van der Waals surface area contributed by atoms with E-state index in [2.05, 4.69) is 11.8 Å². The number of rotatable bonds is 6. The summed E-state index contributed by atoms with van der Waals surface area (Å²) in [6, 6.07) is 12.9. The molecule has 21 heavy (non-hydrogen) atoms. The average Bonchev–Trinajstić information content (AvgIpc) is 2.47. The maximum atomic E-state index is 13.7. The van der Waals surface area contributed by atoms with Crippen LogP contribution >= 0.6 is 0 Å². The molecular formula is C17H21FN2O. The molecule has 2 aromatic carbocycles. The van der Waals surface area contributed by atoms with Crippen LogP contribution < -0.4 is 10.5 Å². The highest BCUT2D eigenvalue weighted by atomic mass is 19.1. The molecule has 2 aromatic rings. The van der Waals surface area contributed by atoms with Crippen LogP contribution in [0.5, 0.6) is 5.75 Å². The van der Waals surface area contributed by atoms with Crippen molar-refractivity contribution in [2.45, 2.75) is 20.0 Å². The molecule has 0 amide bonds. The van der Waals surface area contributed by atoms with Gasteiger partial charge in [0.1, 0.15) is 0 Å². The lowest BCUT2D eigenvalue weighted by molar-refractivity contribution is 0.270. The van der Waals surface area contributed by atoms with Gasteiger partial charge in [-0.05, 0) is 41.9 Å². The van der Waals surface area contributed by atoms with E-state index in [1.807, 2.05) is 30.3 Å². The molecule has 0 spiro atoms. The zero-order chi connectivity index (χ0) is 15.2. The van der Waals surface area contributed by atoms with E-state index in [-0.39, 0.29) is 11.6 Å². The van der Waals surface area contributed by atoms with Gasteiger partial charge in [-0.1, -0.05) is 25.1 Å². The molecule has 3 nitrogen and oxygen atoms in total. The fourth-order valence-corrected chi connectivity index (χ4v) is 2.30. The van der Waals surface area contributed by atoms with Crippen molar-refractivity contribution in [2.24, 2.45) is 0 Å². The van der Waals surface area contributed by atoms with Crippen molar-refractivity contribution in [1.82, 2.24) is 4.90 Å². The lowest BCUT2D eigenvalue weighted by Crippen LogP contribution is -2.22. The molecule has 0 bridgehead atoms. The monoisotopic (exact) mass is 288 g/mol. The third-order valence-electron chi connectivity index (χ3n) is 3.43. The summed E-state index contributed by atoms with van der Waals surface area (Å²) in [5, 5.41) is 0. The van der Waals surface area contributed by atoms with E-state index in [0.29, 0.717) is 6.54 Å². The molecule has 0 saturated carbocycles. The van der Waals surface area contributed by atoms with Crippen molar-refractivity contribution in [2.75, 3.05) is 19.4 Å². The number of ether oxygens (including phenoxy) is 1. The first-order chi connectivity index (χ1) is 10.1. The van der Waals surface area contributed by atoms with Gasteiger partial charge in [0.25, 0.3) is 0 Å². The Labute approximate surface area is 125 Å². The highest BCUT2D eigenvalue weighted by Gasteiger charge is 2.08. The van der Waals surface area contributed by atoms with Crippen LogP contribution in [0.25, 0.3) is 0 Å². The molecule has 0 saturated heterocycles. The minimum Gasteiger partial charge on any atom is -0.494 e. The van der Waals surface area contributed by atoms with Gasteiger partial charge in [-0.2, -0.15) is 0 Å². The zero-order valence-corrected chi connectivity index (χ0v) is 12.5. The van der Waals surface area contributed by atoms with Crippen molar-refractivity contribution in [3.8, 4) is 5.75 Å². The smallest absolute Gasteiger partial charge is 0.165 e. The van der Waals surface area contributed by atoms with Gasteiger partial charge in [0.2, 0.25) is 0 Å². The third-order valence-corrected chi connectivity index (χ3v) is 3.43. The molecule has 0 unspecified atom stereocenters. The second-order valence-electron chi connectivity index (χ2n) is 5.02. The van der Waals surface area contributed by atoms with Crippen molar-refractivity contribution in [1.29, 1.82) is 0 Å². The topological polar surface area (TPSA) is 38.5 Å². The van der Waals surface area contributed by atoms with Gasteiger partial charge in [-0.3, -0.25) is 4.90 Å². The van der Waals surface area contributed by atoms with Crippen LogP contribution in [-0.4, -0.2) is 18.6 Å². The summed E-state index contributed by atoms with van der Waals surface area (Å²) in [6.07, 6.45) is 0. The summed E-state index contributed by atoms with van der Waals surface area (Å²) >= 11 is 0. The Morgan fingerprint density at radius 3 is 2.38 bits per heavy atom. The van der Waals surface area contributed by atoms with E-state index < -0.39 is 0 Å². The number of nitrogens with two attached hydrogens (primary N) is 1. The van der Waals surface area contributed by atoms with E-state index in [0.717, 1.165) is 29.9 Å². The first-order valence-corrected chi connectivity index (χ1v) is 7.01. The van der Waals surface area contributed by atoms with Crippen molar-refractivity contribution in [3.63, 3.8) is 0 Å². The Balaban J connectivity index is 2.07. The van der Waals surface area contributed by atoms with Gasteiger partial charge in [0.15, 0.2) is 11.6 Å². The molecular weight excluding hydrogens is 267 g/mol. The van der Waals surface area contributed by atoms with Crippen molar-refractivity contribution < 1.29 is 9.13 Å². The molecule has 0 fully saturated rings. The number of benzene rings is 2. The molecule has 0 aromatic heterocycles. The number of methoxy groups -OCH3 is 1. The predicted molar refractivity (Wildman–Crippen MR) is 83.6 cm³/mol. The van der Waals surface area contributed by atoms with Crippen LogP contribution in [0.4, 0.5) is 10.1 Å². The van der Waals surface area contributed by atoms with Gasteiger partial charge >= 0.3 is 0 Å². The lowest BCUT2D eigenvalue weighted by Gasteiger charge is -2.21. The summed E-state index contributed by atoms with van der Waals surface area (Å²) in [5.74, 6) is -0.0485. The molecule has 0 heterocycles. The fraction of sp³-hybridized carbons (Fsp3) is 0.294. The molecule has 0 radical (unpaired) electrons. The van der Waals surface area contributed by atoms with Crippen LogP contribution in [0.2, 0.25) is 0 Å². The zero-order valence-electron chi connectivity index (χ0n) is 12.5. The van der Waals surface area contributed by atoms with Gasteiger partial charge in [0, 0.05) is 18.8 Å². The molecule has 112 valence electrons. The average molecular weight is 288 g/mol. The standard InChI is InChI=1S/C17H21FN2O/c1-3-20(11-13-5-4-6-15(19)9-13)12-14-7-8-17(21-2)16(18)10-14/h4-10H,3,11-12,19H2,1-2H3. The number of hydrogen-bond acceptors (Lipinski definition) is 3. The first-order valence-electron chi connectivity index (χ1n) is 7.01. The number of nitrogen functional groups attached to an aromatic ring is 1. The van der Waals surface area contributed by atoms with Crippen LogP contribution in [-0.2, 0) is 13.1 Å². The van der Waals surface area contributed by atoms with Crippen LogP contribution in [0, 0.1) is 5.82 Å². The number of nitrogens with zero attached hydrogens (tertiary/aromatic N) is 1. The molecule has 0 aliphatic heterocycles. The molecule has 0 atom stereocenters. The second-order valence-corrected chi connectivity index (χ2v) is 5.02. The predicted octanol–water partition coefficient (Wildman–Crippen LogP) is 3.44. The maximum Gasteiger partial charge on any atom is 0.165 e. The summed E-state index contributed by atoms with van der Waals surface area (Å²) < 4.78 is 18.7. The minimum absolute atomic E-state index is 0.276. The lowest BCUT2D eigenvalue weighted by atomic mass is 10.1. The van der Waals surface area contributed by atoms with Gasteiger partial charge in [0.05, 0.1) is 7.11 Å². The van der Waals surface area contributed by atoms with E-state index >= 15 is 0 Å². The minimum atomic E-state index is -0.324.